The van der Waals surface area contributed by atoms with Crippen LogP contribution in [0, 0.1) is 17.8 Å². The Morgan fingerprint density at radius 2 is 1.72 bits per heavy atom. The highest BCUT2D eigenvalue weighted by Gasteiger charge is 2.67. The molecular weight excluding hydrogens is 280 g/mol. The van der Waals surface area contributed by atoms with Crippen LogP contribution < -0.4 is 0 Å². The van der Waals surface area contributed by atoms with Gasteiger partial charge >= 0.3 is 11.2 Å². The van der Waals surface area contributed by atoms with Gasteiger partial charge in [0.1, 0.15) is 12.0 Å². The van der Waals surface area contributed by atoms with Crippen LogP contribution in [0.5, 0.6) is 0 Å². The van der Waals surface area contributed by atoms with Crippen molar-refractivity contribution < 1.29 is 37.3 Å². The van der Waals surface area contributed by atoms with Gasteiger partial charge in [0.2, 0.25) is 0 Å². The van der Waals surface area contributed by atoms with Crippen LogP contribution in [-0.4, -0.2) is 27.6 Å². The lowest BCUT2D eigenvalue weighted by atomic mass is 9.83. The van der Waals surface area contributed by atoms with Gasteiger partial charge in [0.25, 0.3) is 0 Å². The van der Waals surface area contributed by atoms with E-state index in [2.05, 4.69) is 9.37 Å². The molecule has 0 heterocycles. The SMILES string of the molecule is OOOSC(F)(F)C(F)(F)C1CC2CC1CC2O. The Morgan fingerprint density at radius 3 is 2.17 bits per heavy atom. The molecule has 4 atom stereocenters. The summed E-state index contributed by atoms with van der Waals surface area (Å²) >= 11 is -0.917. The molecule has 4 unspecified atom stereocenters. The molecule has 2 bridgehead atoms. The Bertz CT molecular complexity index is 315. The minimum atomic E-state index is -4.50. The smallest absolute Gasteiger partial charge is 0.383 e. The molecule has 2 aliphatic rings. The summed E-state index contributed by atoms with van der Waals surface area (Å²) in [5, 5.41) is 15.6. The Balaban J connectivity index is 2.07. The summed E-state index contributed by atoms with van der Waals surface area (Å²) in [6.45, 7) is 0. The van der Waals surface area contributed by atoms with Crippen molar-refractivity contribution in [1.29, 1.82) is 0 Å². The number of aliphatic hydroxyl groups excluding tert-OH is 1. The second-order valence-electron chi connectivity index (χ2n) is 4.77. The molecule has 2 saturated carbocycles. The van der Waals surface area contributed by atoms with Crippen LogP contribution in [0.3, 0.4) is 0 Å². The van der Waals surface area contributed by atoms with E-state index in [0.29, 0.717) is 6.42 Å². The highest BCUT2D eigenvalue weighted by atomic mass is 32.2. The number of aliphatic hydroxyl groups is 1. The van der Waals surface area contributed by atoms with Gasteiger partial charge in [-0.15, -0.1) is 4.33 Å². The number of hydrogen-bond donors (Lipinski definition) is 2. The van der Waals surface area contributed by atoms with E-state index in [1.807, 2.05) is 0 Å². The lowest BCUT2D eigenvalue weighted by molar-refractivity contribution is -0.434. The van der Waals surface area contributed by atoms with Crippen molar-refractivity contribution >= 4 is 12.0 Å². The average molecular weight is 292 g/mol. The van der Waals surface area contributed by atoms with Gasteiger partial charge in [0.15, 0.2) is 0 Å². The lowest BCUT2D eigenvalue weighted by Crippen LogP contribution is -2.47. The Kier molecular flexibility index (Phi) is 3.81. The minimum absolute atomic E-state index is 0.128. The minimum Gasteiger partial charge on any atom is -0.393 e. The molecule has 0 radical (unpaired) electrons. The van der Waals surface area contributed by atoms with E-state index in [4.69, 9.17) is 5.26 Å². The van der Waals surface area contributed by atoms with Crippen molar-refractivity contribution in [2.75, 3.05) is 0 Å². The fourth-order valence-electron chi connectivity index (χ4n) is 3.02. The van der Waals surface area contributed by atoms with Gasteiger partial charge < -0.3 is 5.11 Å². The molecule has 0 amide bonds. The van der Waals surface area contributed by atoms with Crippen molar-refractivity contribution in [2.45, 2.75) is 36.5 Å². The fourth-order valence-corrected chi connectivity index (χ4v) is 3.40. The number of hydrogen-bond acceptors (Lipinski definition) is 5. The van der Waals surface area contributed by atoms with E-state index in [-0.39, 0.29) is 18.8 Å². The fraction of sp³-hybridized carbons (Fsp3) is 1.00. The van der Waals surface area contributed by atoms with Gasteiger partial charge in [0, 0.05) is 5.92 Å². The van der Waals surface area contributed by atoms with E-state index < -0.39 is 41.2 Å². The zero-order valence-electron chi connectivity index (χ0n) is 9.06. The average Bonchev–Trinajstić information content (AvgIpc) is 2.84. The lowest BCUT2D eigenvalue weighted by Gasteiger charge is -2.34. The highest BCUT2D eigenvalue weighted by Crippen LogP contribution is 2.59. The first-order valence-corrected chi connectivity index (χ1v) is 6.13. The van der Waals surface area contributed by atoms with Gasteiger partial charge in [-0.25, -0.2) is 5.26 Å². The second-order valence-corrected chi connectivity index (χ2v) is 5.58. The van der Waals surface area contributed by atoms with Crippen molar-refractivity contribution in [3.05, 3.63) is 0 Å². The van der Waals surface area contributed by atoms with Crippen molar-refractivity contribution in [1.82, 2.24) is 0 Å². The van der Waals surface area contributed by atoms with Gasteiger partial charge in [-0.1, -0.05) is 5.04 Å². The van der Waals surface area contributed by atoms with Crippen molar-refractivity contribution in [3.63, 3.8) is 0 Å². The first-order valence-electron chi connectivity index (χ1n) is 5.39. The number of halogens is 4. The van der Waals surface area contributed by atoms with Crippen molar-refractivity contribution in [3.8, 4) is 0 Å². The third-order valence-corrected chi connectivity index (χ3v) is 4.45. The second kappa shape index (κ2) is 4.78. The van der Waals surface area contributed by atoms with Crippen LogP contribution in [0.15, 0.2) is 0 Å². The summed E-state index contributed by atoms with van der Waals surface area (Å²) in [5.41, 5.74) is 0. The molecular formula is C9H12F4O4S. The molecule has 2 rings (SSSR count). The summed E-state index contributed by atoms with van der Waals surface area (Å²) in [4.78, 5) is 0. The molecule has 2 fully saturated rings. The third-order valence-electron chi connectivity index (χ3n) is 3.84. The molecule has 4 nitrogen and oxygen atoms in total. The Labute approximate surface area is 104 Å². The first kappa shape index (κ1) is 14.3. The molecule has 0 aromatic heterocycles. The zero-order valence-corrected chi connectivity index (χ0v) is 9.88. The predicted octanol–water partition coefficient (Wildman–Crippen LogP) is 2.69. The quantitative estimate of drug-likeness (QED) is 0.353. The summed E-state index contributed by atoms with van der Waals surface area (Å²) < 4.78 is 57.5. The summed E-state index contributed by atoms with van der Waals surface area (Å²) in [7, 11) is 0. The number of rotatable bonds is 5. The number of alkyl halides is 4. The molecule has 0 aromatic rings. The van der Waals surface area contributed by atoms with Gasteiger partial charge in [0.05, 0.1) is 6.10 Å². The van der Waals surface area contributed by atoms with Crippen molar-refractivity contribution in [2.24, 2.45) is 17.8 Å². The van der Waals surface area contributed by atoms with Gasteiger partial charge in [-0.2, -0.15) is 17.6 Å². The molecule has 2 N–H and O–H groups in total. The van der Waals surface area contributed by atoms with Crippen LogP contribution in [0.2, 0.25) is 0 Å². The zero-order chi connectivity index (χ0) is 13.6. The van der Waals surface area contributed by atoms with Crippen LogP contribution >= 0.6 is 12.0 Å². The normalized spacial score (nSPS) is 36.3. The van der Waals surface area contributed by atoms with E-state index in [1.54, 1.807) is 0 Å². The summed E-state index contributed by atoms with van der Waals surface area (Å²) in [5.74, 6) is -6.71. The molecule has 0 spiro atoms. The molecule has 18 heavy (non-hydrogen) atoms. The van der Waals surface area contributed by atoms with E-state index >= 15 is 0 Å². The predicted molar refractivity (Wildman–Crippen MR) is 52.6 cm³/mol. The summed E-state index contributed by atoms with van der Waals surface area (Å²) in [6.07, 6.45) is -0.322. The monoisotopic (exact) mass is 292 g/mol. The molecule has 0 aromatic carbocycles. The molecule has 2 aliphatic carbocycles. The van der Waals surface area contributed by atoms with Crippen LogP contribution in [0.25, 0.3) is 0 Å². The maximum absolute atomic E-state index is 13.7. The standard InChI is InChI=1S/C9H12F4O4S/c10-8(11,9(12,13)18-17-16-15)6-2-5-1-4(6)3-7(5)14/h4-7,14-15H,1-3H2. The maximum atomic E-state index is 13.7. The first-order chi connectivity index (χ1) is 8.29. The molecule has 106 valence electrons. The topological polar surface area (TPSA) is 58.9 Å². The number of fused-ring (bicyclic) bond motifs is 2. The van der Waals surface area contributed by atoms with Gasteiger partial charge in [-0.3, -0.25) is 0 Å². The Morgan fingerprint density at radius 1 is 1.06 bits per heavy atom. The third kappa shape index (κ3) is 2.22. The Hall–Kier alpha value is -0.0900. The van der Waals surface area contributed by atoms with Crippen LogP contribution in [-0.2, 0) is 9.37 Å². The highest BCUT2D eigenvalue weighted by molar-refractivity contribution is 7.95. The van der Waals surface area contributed by atoms with E-state index in [9.17, 15) is 22.7 Å². The summed E-state index contributed by atoms with van der Waals surface area (Å²) in [6, 6.07) is 0. The molecule has 0 saturated heterocycles. The van der Waals surface area contributed by atoms with E-state index in [0.717, 1.165) is 0 Å². The molecule has 0 aliphatic heterocycles. The van der Waals surface area contributed by atoms with Gasteiger partial charge in [-0.05, 0) is 31.1 Å². The maximum Gasteiger partial charge on any atom is 0.383 e. The largest absolute Gasteiger partial charge is 0.393 e. The molecule has 9 heteroatoms. The van der Waals surface area contributed by atoms with Crippen LogP contribution in [0.4, 0.5) is 17.6 Å². The van der Waals surface area contributed by atoms with E-state index in [1.165, 1.54) is 0 Å². The van der Waals surface area contributed by atoms with Crippen LogP contribution in [0.1, 0.15) is 19.3 Å².